The van der Waals surface area contributed by atoms with Crippen molar-refractivity contribution >= 4 is 17.9 Å². The quantitative estimate of drug-likeness (QED) is 0.711. The standard InChI is InChI=1S/C16H28N4O4/c1-3-24-16(23)20-12-10-19(11-13-20)15(22)4-5-17-6-8-18(9-7-17)14(2)21/h3-13H2,1-2H3. The van der Waals surface area contributed by atoms with E-state index in [1.54, 1.807) is 18.7 Å². The lowest BCUT2D eigenvalue weighted by atomic mass is 10.2. The molecule has 0 aromatic carbocycles. The van der Waals surface area contributed by atoms with Crippen molar-refractivity contribution in [1.29, 1.82) is 0 Å². The topological polar surface area (TPSA) is 73.4 Å². The van der Waals surface area contributed by atoms with Crippen molar-refractivity contribution < 1.29 is 19.1 Å². The molecule has 136 valence electrons. The molecule has 0 spiro atoms. The fourth-order valence-electron chi connectivity index (χ4n) is 3.05. The Morgan fingerprint density at radius 3 is 1.92 bits per heavy atom. The fraction of sp³-hybridized carbons (Fsp3) is 0.812. The predicted octanol–water partition coefficient (Wildman–Crippen LogP) is -0.159. The highest BCUT2D eigenvalue weighted by atomic mass is 16.6. The van der Waals surface area contributed by atoms with Gasteiger partial charge >= 0.3 is 6.09 Å². The van der Waals surface area contributed by atoms with Crippen molar-refractivity contribution in [2.45, 2.75) is 20.3 Å². The van der Waals surface area contributed by atoms with Crippen molar-refractivity contribution in [1.82, 2.24) is 19.6 Å². The van der Waals surface area contributed by atoms with Gasteiger partial charge in [-0.1, -0.05) is 0 Å². The third-order valence-electron chi connectivity index (χ3n) is 4.62. The fourth-order valence-corrected chi connectivity index (χ4v) is 3.05. The average molecular weight is 340 g/mol. The highest BCUT2D eigenvalue weighted by molar-refractivity contribution is 5.77. The second kappa shape index (κ2) is 8.86. The van der Waals surface area contributed by atoms with Gasteiger partial charge in [-0.25, -0.2) is 4.79 Å². The Morgan fingerprint density at radius 2 is 1.38 bits per heavy atom. The number of ether oxygens (including phenoxy) is 1. The van der Waals surface area contributed by atoms with E-state index in [4.69, 9.17) is 4.74 Å². The van der Waals surface area contributed by atoms with E-state index in [-0.39, 0.29) is 17.9 Å². The lowest BCUT2D eigenvalue weighted by Gasteiger charge is -2.36. The minimum atomic E-state index is -0.298. The van der Waals surface area contributed by atoms with Crippen LogP contribution in [-0.2, 0) is 14.3 Å². The van der Waals surface area contributed by atoms with Crippen molar-refractivity contribution in [3.8, 4) is 0 Å². The molecule has 2 saturated heterocycles. The van der Waals surface area contributed by atoms with Gasteiger partial charge in [-0.05, 0) is 6.92 Å². The first-order chi connectivity index (χ1) is 11.5. The van der Waals surface area contributed by atoms with Crippen LogP contribution < -0.4 is 0 Å². The maximum atomic E-state index is 12.3. The van der Waals surface area contributed by atoms with E-state index < -0.39 is 0 Å². The zero-order valence-corrected chi connectivity index (χ0v) is 14.7. The molecule has 0 saturated carbocycles. The summed E-state index contributed by atoms with van der Waals surface area (Å²) in [5.41, 5.74) is 0. The van der Waals surface area contributed by atoms with Crippen LogP contribution in [0.25, 0.3) is 0 Å². The van der Waals surface area contributed by atoms with Gasteiger partial charge in [0, 0.05) is 72.2 Å². The van der Waals surface area contributed by atoms with E-state index in [0.717, 1.165) is 32.7 Å². The normalized spacial score (nSPS) is 19.3. The van der Waals surface area contributed by atoms with Gasteiger partial charge in [-0.3, -0.25) is 14.5 Å². The molecule has 0 aromatic heterocycles. The molecule has 0 radical (unpaired) electrons. The second-order valence-corrected chi connectivity index (χ2v) is 6.16. The van der Waals surface area contributed by atoms with Crippen molar-refractivity contribution in [2.75, 3.05) is 65.5 Å². The van der Waals surface area contributed by atoms with Crippen molar-refractivity contribution in [2.24, 2.45) is 0 Å². The Bertz CT molecular complexity index is 455. The number of piperazine rings is 2. The molecule has 8 nitrogen and oxygen atoms in total. The summed E-state index contributed by atoms with van der Waals surface area (Å²) in [4.78, 5) is 42.8. The molecule has 8 heteroatoms. The zero-order chi connectivity index (χ0) is 17.5. The number of carbonyl (C=O) groups is 3. The SMILES string of the molecule is CCOC(=O)N1CCN(C(=O)CCN2CCN(C(C)=O)CC2)CC1. The molecule has 0 aliphatic carbocycles. The summed E-state index contributed by atoms with van der Waals surface area (Å²) in [6.07, 6.45) is 0.187. The lowest BCUT2D eigenvalue weighted by Crippen LogP contribution is -2.52. The Balaban J connectivity index is 1.65. The molecule has 0 bridgehead atoms. The smallest absolute Gasteiger partial charge is 0.409 e. The molecule has 2 aliphatic rings. The van der Waals surface area contributed by atoms with Gasteiger partial charge in [-0.15, -0.1) is 0 Å². The van der Waals surface area contributed by atoms with Crippen LogP contribution in [0, 0.1) is 0 Å². The molecule has 0 unspecified atom stereocenters. The van der Waals surface area contributed by atoms with Crippen LogP contribution in [0.1, 0.15) is 20.3 Å². The Kier molecular flexibility index (Phi) is 6.84. The summed E-state index contributed by atoms with van der Waals surface area (Å²) >= 11 is 0. The van der Waals surface area contributed by atoms with Crippen molar-refractivity contribution in [3.63, 3.8) is 0 Å². The summed E-state index contributed by atoms with van der Waals surface area (Å²) in [7, 11) is 0. The predicted molar refractivity (Wildman–Crippen MR) is 88.5 cm³/mol. The van der Waals surface area contributed by atoms with Crippen LogP contribution in [-0.4, -0.2) is 103 Å². The molecular formula is C16H28N4O4. The van der Waals surface area contributed by atoms with Gasteiger partial charge in [0.2, 0.25) is 11.8 Å². The molecular weight excluding hydrogens is 312 g/mol. The summed E-state index contributed by atoms with van der Waals surface area (Å²) in [6, 6.07) is 0. The molecule has 2 aliphatic heterocycles. The number of nitrogens with zero attached hydrogens (tertiary/aromatic N) is 4. The van der Waals surface area contributed by atoms with E-state index in [0.29, 0.717) is 39.2 Å². The van der Waals surface area contributed by atoms with Gasteiger partial charge < -0.3 is 19.4 Å². The molecule has 0 atom stereocenters. The highest BCUT2D eigenvalue weighted by Gasteiger charge is 2.25. The first-order valence-electron chi connectivity index (χ1n) is 8.68. The van der Waals surface area contributed by atoms with E-state index in [2.05, 4.69) is 4.90 Å². The van der Waals surface area contributed by atoms with Gasteiger partial charge in [0.1, 0.15) is 0 Å². The summed E-state index contributed by atoms with van der Waals surface area (Å²) in [6.45, 7) is 9.78. The maximum Gasteiger partial charge on any atom is 0.409 e. The minimum Gasteiger partial charge on any atom is -0.450 e. The van der Waals surface area contributed by atoms with Crippen molar-refractivity contribution in [3.05, 3.63) is 0 Å². The average Bonchev–Trinajstić information content (AvgIpc) is 2.60. The van der Waals surface area contributed by atoms with Crippen LogP contribution >= 0.6 is 0 Å². The number of amides is 3. The number of hydrogen-bond acceptors (Lipinski definition) is 5. The maximum absolute atomic E-state index is 12.3. The largest absolute Gasteiger partial charge is 0.450 e. The Labute approximate surface area is 143 Å². The van der Waals surface area contributed by atoms with Gasteiger partial charge in [-0.2, -0.15) is 0 Å². The zero-order valence-electron chi connectivity index (χ0n) is 14.7. The van der Waals surface area contributed by atoms with E-state index in [1.807, 2.05) is 9.80 Å². The second-order valence-electron chi connectivity index (χ2n) is 6.16. The van der Waals surface area contributed by atoms with E-state index in [1.165, 1.54) is 0 Å². The molecule has 0 N–H and O–H groups in total. The molecule has 24 heavy (non-hydrogen) atoms. The Morgan fingerprint density at radius 1 is 0.833 bits per heavy atom. The van der Waals surface area contributed by atoms with Crippen LogP contribution in [0.2, 0.25) is 0 Å². The number of rotatable bonds is 4. The first kappa shape index (κ1) is 18.5. The molecule has 2 fully saturated rings. The van der Waals surface area contributed by atoms with Crippen LogP contribution in [0.5, 0.6) is 0 Å². The van der Waals surface area contributed by atoms with Crippen LogP contribution in [0.15, 0.2) is 0 Å². The van der Waals surface area contributed by atoms with Gasteiger partial charge in [0.15, 0.2) is 0 Å². The minimum absolute atomic E-state index is 0.116. The number of carbonyl (C=O) groups excluding carboxylic acids is 3. The summed E-state index contributed by atoms with van der Waals surface area (Å²) < 4.78 is 4.98. The van der Waals surface area contributed by atoms with Gasteiger partial charge in [0.05, 0.1) is 6.61 Å². The molecule has 3 amide bonds. The summed E-state index contributed by atoms with van der Waals surface area (Å²) in [5.74, 6) is 0.248. The highest BCUT2D eigenvalue weighted by Crippen LogP contribution is 2.08. The third kappa shape index (κ3) is 5.09. The molecule has 2 rings (SSSR count). The molecule has 0 aromatic rings. The number of hydrogen-bond donors (Lipinski definition) is 0. The lowest BCUT2D eigenvalue weighted by molar-refractivity contribution is -0.134. The van der Waals surface area contributed by atoms with E-state index >= 15 is 0 Å². The monoisotopic (exact) mass is 340 g/mol. The Hall–Kier alpha value is -1.83. The van der Waals surface area contributed by atoms with Crippen LogP contribution in [0.3, 0.4) is 0 Å². The molecule has 2 heterocycles. The van der Waals surface area contributed by atoms with Crippen LogP contribution in [0.4, 0.5) is 4.79 Å². The first-order valence-corrected chi connectivity index (χ1v) is 8.68. The summed E-state index contributed by atoms with van der Waals surface area (Å²) in [5, 5.41) is 0. The van der Waals surface area contributed by atoms with E-state index in [9.17, 15) is 14.4 Å². The van der Waals surface area contributed by atoms with Gasteiger partial charge in [0.25, 0.3) is 0 Å². The third-order valence-corrected chi connectivity index (χ3v) is 4.62.